The summed E-state index contributed by atoms with van der Waals surface area (Å²) >= 11 is 3.26. The summed E-state index contributed by atoms with van der Waals surface area (Å²) in [5.74, 6) is 0.524. The molecule has 30 heavy (non-hydrogen) atoms. The Balaban J connectivity index is 1.69. The fourth-order valence-electron chi connectivity index (χ4n) is 4.35. The van der Waals surface area contributed by atoms with Crippen LogP contribution >= 0.6 is 15.9 Å². The third kappa shape index (κ3) is 3.58. The molecule has 0 aromatic carbocycles. The number of amides is 1. The highest BCUT2D eigenvalue weighted by atomic mass is 79.9. The van der Waals surface area contributed by atoms with Gasteiger partial charge in [0.25, 0.3) is 5.56 Å². The van der Waals surface area contributed by atoms with E-state index in [0.717, 1.165) is 12.1 Å². The lowest BCUT2D eigenvalue weighted by Gasteiger charge is -2.37. The number of ether oxygens (including phenoxy) is 1. The summed E-state index contributed by atoms with van der Waals surface area (Å²) in [6.45, 7) is 9.51. The molecule has 164 valence electrons. The van der Waals surface area contributed by atoms with E-state index < -0.39 is 5.60 Å². The van der Waals surface area contributed by atoms with E-state index in [4.69, 9.17) is 4.74 Å². The second-order valence-corrected chi connectivity index (χ2v) is 9.64. The van der Waals surface area contributed by atoms with Gasteiger partial charge in [-0.15, -0.1) is 5.10 Å². The molecular formula is C19H27BrN6O4. The van der Waals surface area contributed by atoms with Crippen LogP contribution in [0.15, 0.2) is 9.53 Å². The van der Waals surface area contributed by atoms with E-state index in [2.05, 4.69) is 32.9 Å². The highest BCUT2D eigenvalue weighted by Gasteiger charge is 2.37. The molecule has 2 unspecified atom stereocenters. The van der Waals surface area contributed by atoms with E-state index in [1.165, 1.54) is 4.52 Å². The van der Waals surface area contributed by atoms with Gasteiger partial charge in [0.15, 0.2) is 0 Å². The van der Waals surface area contributed by atoms with Crippen molar-refractivity contribution in [1.29, 1.82) is 0 Å². The van der Waals surface area contributed by atoms with Gasteiger partial charge in [-0.2, -0.15) is 9.50 Å². The van der Waals surface area contributed by atoms with E-state index in [-0.39, 0.29) is 30.2 Å². The number of carbonyl (C=O) groups excluding carboxylic acids is 1. The molecule has 0 bridgehead atoms. The molecule has 0 aliphatic carbocycles. The van der Waals surface area contributed by atoms with Crippen molar-refractivity contribution in [3.05, 3.63) is 20.8 Å². The highest BCUT2D eigenvalue weighted by Crippen LogP contribution is 2.40. The van der Waals surface area contributed by atoms with Crippen molar-refractivity contribution in [2.45, 2.75) is 51.7 Å². The molecular weight excluding hydrogens is 456 g/mol. The zero-order valence-electron chi connectivity index (χ0n) is 17.6. The van der Waals surface area contributed by atoms with Gasteiger partial charge in [0.1, 0.15) is 11.3 Å². The van der Waals surface area contributed by atoms with Crippen molar-refractivity contribution >= 4 is 33.5 Å². The number of aliphatic hydroxyl groups excluding tert-OH is 1. The summed E-state index contributed by atoms with van der Waals surface area (Å²) in [5.41, 5.74) is 0.670. The van der Waals surface area contributed by atoms with Crippen molar-refractivity contribution in [2.24, 2.45) is 0 Å². The van der Waals surface area contributed by atoms with Gasteiger partial charge < -0.3 is 24.2 Å². The van der Waals surface area contributed by atoms with Crippen molar-refractivity contribution in [2.75, 3.05) is 37.7 Å². The summed E-state index contributed by atoms with van der Waals surface area (Å²) < 4.78 is 9.04. The maximum Gasteiger partial charge on any atom is 0.410 e. The maximum atomic E-state index is 13.4. The van der Waals surface area contributed by atoms with Crippen molar-refractivity contribution in [3.8, 4) is 0 Å². The topological polar surface area (TPSA) is 105 Å². The molecule has 2 aliphatic heterocycles. The Bertz CT molecular complexity index is 1030. The lowest BCUT2D eigenvalue weighted by molar-refractivity contribution is 0.0240. The number of fused-ring (bicyclic) bond motifs is 3. The highest BCUT2D eigenvalue weighted by molar-refractivity contribution is 9.10. The van der Waals surface area contributed by atoms with Crippen molar-refractivity contribution in [3.63, 3.8) is 0 Å². The third-order valence-electron chi connectivity index (χ3n) is 5.59. The van der Waals surface area contributed by atoms with Gasteiger partial charge in [0.2, 0.25) is 10.5 Å². The number of halogens is 1. The second-order valence-electron chi connectivity index (χ2n) is 8.93. The smallest absolute Gasteiger partial charge is 0.410 e. The lowest BCUT2D eigenvalue weighted by atomic mass is 10.0. The molecule has 2 aromatic heterocycles. The Morgan fingerprint density at radius 2 is 1.93 bits per heavy atom. The van der Waals surface area contributed by atoms with Crippen LogP contribution in [0.2, 0.25) is 0 Å². The first-order chi connectivity index (χ1) is 14.1. The number of rotatable bonds is 2. The van der Waals surface area contributed by atoms with Gasteiger partial charge >= 0.3 is 6.09 Å². The molecule has 1 fully saturated rings. The minimum atomic E-state index is -0.547. The quantitative estimate of drug-likeness (QED) is 0.694. The number of hydrogen-bond donors (Lipinski definition) is 1. The minimum Gasteiger partial charge on any atom is -0.444 e. The predicted octanol–water partition coefficient (Wildman–Crippen LogP) is 1.75. The van der Waals surface area contributed by atoms with Crippen LogP contribution in [0.25, 0.3) is 5.78 Å². The SMILES string of the molecule is CC1CC(CO)n2c1c(N1CCN(C(=O)OC(C)(C)C)CC1)c(=O)n1nc(Br)nc21. The molecule has 11 heteroatoms. The van der Waals surface area contributed by atoms with Gasteiger partial charge in [-0.25, -0.2) is 4.79 Å². The summed E-state index contributed by atoms with van der Waals surface area (Å²) in [7, 11) is 0. The molecule has 1 N–H and O–H groups in total. The van der Waals surface area contributed by atoms with E-state index in [0.29, 0.717) is 42.4 Å². The maximum absolute atomic E-state index is 13.4. The third-order valence-corrected chi connectivity index (χ3v) is 5.93. The molecule has 0 saturated carbocycles. The minimum absolute atomic E-state index is 0.0355. The van der Waals surface area contributed by atoms with E-state index >= 15 is 0 Å². The molecule has 0 spiro atoms. The van der Waals surface area contributed by atoms with Crippen LogP contribution in [-0.4, -0.2) is 73.7 Å². The first-order valence-corrected chi connectivity index (χ1v) is 10.9. The van der Waals surface area contributed by atoms with Gasteiger partial charge in [-0.3, -0.25) is 4.79 Å². The summed E-state index contributed by atoms with van der Waals surface area (Å²) in [6, 6.07) is -0.156. The van der Waals surface area contributed by atoms with Gasteiger partial charge in [-0.1, -0.05) is 6.92 Å². The Morgan fingerprint density at radius 3 is 2.53 bits per heavy atom. The summed E-state index contributed by atoms with van der Waals surface area (Å²) in [4.78, 5) is 33.8. The number of hydrogen-bond acceptors (Lipinski definition) is 7. The van der Waals surface area contributed by atoms with Crippen LogP contribution < -0.4 is 10.5 Å². The number of aromatic nitrogens is 4. The molecule has 0 radical (unpaired) electrons. The lowest BCUT2D eigenvalue weighted by Crippen LogP contribution is -2.51. The standard InChI is InChI=1S/C19H27BrN6O4/c1-11-9-12(10-27)25-13(11)14(15(28)26-17(25)21-16(20)22-26)23-5-7-24(8-6-23)18(29)30-19(2,3)4/h11-12,27H,5-10H2,1-4H3. The average molecular weight is 483 g/mol. The monoisotopic (exact) mass is 482 g/mol. The summed E-state index contributed by atoms with van der Waals surface area (Å²) in [5, 5.41) is 14.1. The molecule has 1 amide bonds. The Morgan fingerprint density at radius 1 is 1.27 bits per heavy atom. The fraction of sp³-hybridized carbons (Fsp3) is 0.684. The van der Waals surface area contributed by atoms with Gasteiger partial charge in [-0.05, 0) is 43.1 Å². The number of piperazine rings is 1. The zero-order valence-corrected chi connectivity index (χ0v) is 19.2. The molecule has 4 rings (SSSR count). The predicted molar refractivity (Wildman–Crippen MR) is 114 cm³/mol. The normalized spacial score (nSPS) is 21.9. The first kappa shape index (κ1) is 21.1. The van der Waals surface area contributed by atoms with E-state index in [1.54, 1.807) is 4.90 Å². The van der Waals surface area contributed by atoms with E-state index in [9.17, 15) is 14.7 Å². The summed E-state index contributed by atoms with van der Waals surface area (Å²) in [6.07, 6.45) is 0.388. The van der Waals surface area contributed by atoms with Gasteiger partial charge in [0, 0.05) is 32.1 Å². The molecule has 10 nitrogen and oxygen atoms in total. The first-order valence-electron chi connectivity index (χ1n) is 10.1. The molecule has 1 saturated heterocycles. The van der Waals surface area contributed by atoms with Crippen molar-refractivity contribution in [1.82, 2.24) is 24.1 Å². The molecule has 4 heterocycles. The Hall–Kier alpha value is -2.14. The molecule has 2 atom stereocenters. The number of aliphatic hydroxyl groups is 1. The Kier molecular flexibility index (Phi) is 5.29. The van der Waals surface area contributed by atoms with Crippen LogP contribution in [0, 0.1) is 0 Å². The number of anilines is 1. The van der Waals surface area contributed by atoms with Crippen LogP contribution in [0.3, 0.4) is 0 Å². The largest absolute Gasteiger partial charge is 0.444 e. The van der Waals surface area contributed by atoms with Crippen LogP contribution in [-0.2, 0) is 4.74 Å². The Labute approximate surface area is 182 Å². The van der Waals surface area contributed by atoms with Crippen LogP contribution in [0.1, 0.15) is 51.8 Å². The zero-order chi connectivity index (χ0) is 21.8. The van der Waals surface area contributed by atoms with Crippen LogP contribution in [0.5, 0.6) is 0 Å². The number of carbonyl (C=O) groups is 1. The van der Waals surface area contributed by atoms with E-state index in [1.807, 2.05) is 30.2 Å². The fourth-order valence-corrected chi connectivity index (χ4v) is 4.67. The van der Waals surface area contributed by atoms with Crippen LogP contribution in [0.4, 0.5) is 10.5 Å². The molecule has 2 aromatic rings. The van der Waals surface area contributed by atoms with Crippen molar-refractivity contribution < 1.29 is 14.6 Å². The molecule has 2 aliphatic rings. The number of nitrogens with zero attached hydrogens (tertiary/aromatic N) is 6. The second kappa shape index (κ2) is 7.52. The average Bonchev–Trinajstić information content (AvgIpc) is 3.21. The van der Waals surface area contributed by atoms with Gasteiger partial charge in [0.05, 0.1) is 18.3 Å².